The maximum atomic E-state index is 5.89. The molecule has 0 aliphatic heterocycles. The van der Waals surface area contributed by atoms with Crippen molar-refractivity contribution in [1.29, 1.82) is 0 Å². The lowest BCUT2D eigenvalue weighted by Gasteiger charge is -2.18. The van der Waals surface area contributed by atoms with E-state index in [1.54, 1.807) is 6.20 Å². The molecule has 122 valence electrons. The molecule has 2 aromatic carbocycles. The first kappa shape index (κ1) is 16.2. The third-order valence-electron chi connectivity index (χ3n) is 3.56. The molecule has 0 unspecified atom stereocenters. The highest BCUT2D eigenvalue weighted by Crippen LogP contribution is 2.14. The van der Waals surface area contributed by atoms with E-state index in [0.717, 1.165) is 22.9 Å². The van der Waals surface area contributed by atoms with E-state index >= 15 is 0 Å². The highest BCUT2D eigenvalue weighted by molar-refractivity contribution is 6.30. The van der Waals surface area contributed by atoms with E-state index in [2.05, 4.69) is 32.6 Å². The van der Waals surface area contributed by atoms with E-state index in [1.165, 1.54) is 5.56 Å². The monoisotopic (exact) mass is 339 g/mol. The normalized spacial score (nSPS) is 10.4. The SMILES string of the molecule is CN(Cc1ccccc1)c1cnnc(NCc2ccc(Cl)cc2)n1. The lowest BCUT2D eigenvalue weighted by Crippen LogP contribution is -2.19. The van der Waals surface area contributed by atoms with Gasteiger partial charge in [-0.05, 0) is 23.3 Å². The van der Waals surface area contributed by atoms with Gasteiger partial charge in [-0.3, -0.25) is 0 Å². The first-order valence-corrected chi connectivity index (χ1v) is 8.01. The molecule has 0 aliphatic rings. The van der Waals surface area contributed by atoms with Crippen LogP contribution in [0.5, 0.6) is 0 Å². The van der Waals surface area contributed by atoms with Crippen LogP contribution in [0.25, 0.3) is 0 Å². The van der Waals surface area contributed by atoms with Crippen LogP contribution in [-0.4, -0.2) is 22.2 Å². The smallest absolute Gasteiger partial charge is 0.244 e. The Morgan fingerprint density at radius 1 is 1.00 bits per heavy atom. The first-order valence-electron chi connectivity index (χ1n) is 7.64. The summed E-state index contributed by atoms with van der Waals surface area (Å²) in [5, 5.41) is 12.0. The molecule has 1 aromatic heterocycles. The first-order chi connectivity index (χ1) is 11.7. The molecule has 24 heavy (non-hydrogen) atoms. The van der Waals surface area contributed by atoms with Crippen molar-refractivity contribution >= 4 is 23.4 Å². The van der Waals surface area contributed by atoms with Crippen molar-refractivity contribution in [3.63, 3.8) is 0 Å². The Morgan fingerprint density at radius 2 is 1.75 bits per heavy atom. The van der Waals surface area contributed by atoms with Gasteiger partial charge in [-0.2, -0.15) is 10.1 Å². The van der Waals surface area contributed by atoms with E-state index in [0.29, 0.717) is 12.5 Å². The van der Waals surface area contributed by atoms with Gasteiger partial charge in [-0.15, -0.1) is 5.10 Å². The van der Waals surface area contributed by atoms with Gasteiger partial charge < -0.3 is 10.2 Å². The van der Waals surface area contributed by atoms with Crippen LogP contribution in [0.1, 0.15) is 11.1 Å². The predicted octanol–water partition coefficient (Wildman–Crippen LogP) is 3.77. The van der Waals surface area contributed by atoms with Gasteiger partial charge in [0.25, 0.3) is 0 Å². The molecule has 3 rings (SSSR count). The third kappa shape index (κ3) is 4.43. The topological polar surface area (TPSA) is 53.9 Å². The summed E-state index contributed by atoms with van der Waals surface area (Å²) in [6.07, 6.45) is 1.66. The Balaban J connectivity index is 1.64. The Bertz CT molecular complexity index is 777. The molecular formula is C18H18ClN5. The maximum absolute atomic E-state index is 5.89. The summed E-state index contributed by atoms with van der Waals surface area (Å²) in [7, 11) is 1.99. The molecule has 5 nitrogen and oxygen atoms in total. The molecule has 0 bridgehead atoms. The zero-order valence-electron chi connectivity index (χ0n) is 13.4. The number of nitrogens with one attached hydrogen (secondary N) is 1. The number of hydrogen-bond acceptors (Lipinski definition) is 5. The van der Waals surface area contributed by atoms with E-state index in [9.17, 15) is 0 Å². The van der Waals surface area contributed by atoms with Gasteiger partial charge in [0.05, 0.1) is 6.20 Å². The van der Waals surface area contributed by atoms with Crippen LogP contribution in [0, 0.1) is 0 Å². The minimum atomic E-state index is 0.502. The summed E-state index contributed by atoms with van der Waals surface area (Å²) in [6, 6.07) is 17.9. The lowest BCUT2D eigenvalue weighted by molar-refractivity contribution is 0.859. The minimum Gasteiger partial charge on any atom is -0.354 e. The summed E-state index contributed by atoms with van der Waals surface area (Å²) in [6.45, 7) is 1.38. The van der Waals surface area contributed by atoms with Crippen LogP contribution in [-0.2, 0) is 13.1 Å². The van der Waals surface area contributed by atoms with Gasteiger partial charge in [-0.1, -0.05) is 54.1 Å². The van der Waals surface area contributed by atoms with Gasteiger partial charge in [0, 0.05) is 25.2 Å². The second-order valence-corrected chi connectivity index (χ2v) is 5.90. The van der Waals surface area contributed by atoms with Gasteiger partial charge in [0.15, 0.2) is 5.82 Å². The highest BCUT2D eigenvalue weighted by Gasteiger charge is 2.06. The second kappa shape index (κ2) is 7.75. The Labute approximate surface area is 146 Å². The quantitative estimate of drug-likeness (QED) is 0.740. The number of hydrogen-bond donors (Lipinski definition) is 1. The fraction of sp³-hybridized carbons (Fsp3) is 0.167. The van der Waals surface area contributed by atoms with Gasteiger partial charge >= 0.3 is 0 Å². The molecule has 0 saturated carbocycles. The van der Waals surface area contributed by atoms with Crippen LogP contribution in [0.15, 0.2) is 60.8 Å². The molecule has 0 spiro atoms. The number of aromatic nitrogens is 3. The standard InChI is InChI=1S/C18H18ClN5/c1-24(13-15-5-3-2-4-6-15)17-12-21-23-18(22-17)20-11-14-7-9-16(19)10-8-14/h2-10,12H,11,13H2,1H3,(H,20,22,23). The molecule has 3 aromatic rings. The zero-order chi connectivity index (χ0) is 16.8. The van der Waals surface area contributed by atoms with Gasteiger partial charge in [0.2, 0.25) is 5.95 Å². The van der Waals surface area contributed by atoms with E-state index < -0.39 is 0 Å². The maximum Gasteiger partial charge on any atom is 0.244 e. The van der Waals surface area contributed by atoms with Crippen LogP contribution in [0.2, 0.25) is 5.02 Å². The summed E-state index contributed by atoms with van der Waals surface area (Å²) >= 11 is 5.89. The lowest BCUT2D eigenvalue weighted by atomic mass is 10.2. The molecule has 0 atom stereocenters. The number of anilines is 2. The van der Waals surface area contributed by atoms with E-state index in [4.69, 9.17) is 11.6 Å². The average Bonchev–Trinajstić information content (AvgIpc) is 2.62. The fourth-order valence-corrected chi connectivity index (χ4v) is 2.40. The molecule has 0 aliphatic carbocycles. The van der Waals surface area contributed by atoms with Crippen molar-refractivity contribution in [2.24, 2.45) is 0 Å². The van der Waals surface area contributed by atoms with Crippen LogP contribution in [0.4, 0.5) is 11.8 Å². The largest absolute Gasteiger partial charge is 0.354 e. The van der Waals surface area contributed by atoms with Crippen molar-refractivity contribution in [3.05, 3.63) is 76.9 Å². The Kier molecular flexibility index (Phi) is 5.23. The van der Waals surface area contributed by atoms with Crippen LogP contribution in [0.3, 0.4) is 0 Å². The number of benzene rings is 2. The van der Waals surface area contributed by atoms with Crippen molar-refractivity contribution < 1.29 is 0 Å². The van der Waals surface area contributed by atoms with Crippen molar-refractivity contribution in [1.82, 2.24) is 15.2 Å². The summed E-state index contributed by atoms with van der Waals surface area (Å²) in [5.41, 5.74) is 2.32. The number of rotatable bonds is 6. The molecular weight excluding hydrogens is 322 g/mol. The summed E-state index contributed by atoms with van der Waals surface area (Å²) < 4.78 is 0. The Hall–Kier alpha value is -2.66. The zero-order valence-corrected chi connectivity index (χ0v) is 14.1. The average molecular weight is 340 g/mol. The van der Waals surface area contributed by atoms with Crippen LogP contribution >= 0.6 is 11.6 Å². The van der Waals surface area contributed by atoms with Gasteiger partial charge in [0.1, 0.15) is 0 Å². The van der Waals surface area contributed by atoms with Crippen molar-refractivity contribution in [3.8, 4) is 0 Å². The van der Waals surface area contributed by atoms with E-state index in [1.807, 2.05) is 54.4 Å². The summed E-state index contributed by atoms with van der Waals surface area (Å²) in [4.78, 5) is 6.56. The fourth-order valence-electron chi connectivity index (χ4n) is 2.28. The predicted molar refractivity (Wildman–Crippen MR) is 97.2 cm³/mol. The summed E-state index contributed by atoms with van der Waals surface area (Å²) in [5.74, 6) is 1.27. The number of nitrogens with zero attached hydrogens (tertiary/aromatic N) is 4. The van der Waals surface area contributed by atoms with E-state index in [-0.39, 0.29) is 0 Å². The molecule has 1 N–H and O–H groups in total. The van der Waals surface area contributed by atoms with Crippen LogP contribution < -0.4 is 10.2 Å². The minimum absolute atomic E-state index is 0.502. The second-order valence-electron chi connectivity index (χ2n) is 5.46. The molecule has 1 heterocycles. The molecule has 0 radical (unpaired) electrons. The van der Waals surface area contributed by atoms with Crippen molar-refractivity contribution in [2.75, 3.05) is 17.3 Å². The molecule has 0 fully saturated rings. The molecule has 0 saturated heterocycles. The highest BCUT2D eigenvalue weighted by atomic mass is 35.5. The molecule has 6 heteroatoms. The molecule has 0 amide bonds. The van der Waals surface area contributed by atoms with Gasteiger partial charge in [-0.25, -0.2) is 0 Å². The third-order valence-corrected chi connectivity index (χ3v) is 3.82. The Morgan fingerprint density at radius 3 is 2.50 bits per heavy atom. The van der Waals surface area contributed by atoms with Crippen molar-refractivity contribution in [2.45, 2.75) is 13.1 Å². The number of halogens is 1.